The molecule has 1 aromatic heterocycles. The van der Waals surface area contributed by atoms with Crippen LogP contribution in [0, 0.1) is 0 Å². The number of aliphatic hydroxyl groups is 1. The largest absolute Gasteiger partial charge is 0.416 e. The van der Waals surface area contributed by atoms with Crippen LogP contribution in [0.25, 0.3) is 10.9 Å². The number of nitrogens with zero attached hydrogens (tertiary/aromatic N) is 1. The van der Waals surface area contributed by atoms with Crippen molar-refractivity contribution >= 4 is 16.6 Å². The summed E-state index contributed by atoms with van der Waals surface area (Å²) in [6.45, 7) is 0. The summed E-state index contributed by atoms with van der Waals surface area (Å²) in [4.78, 5) is 4.05. The van der Waals surface area contributed by atoms with E-state index in [9.17, 15) is 18.3 Å². The fourth-order valence-electron chi connectivity index (χ4n) is 3.37. The monoisotopic (exact) mass is 344 g/mol. The molecule has 0 radical (unpaired) electrons. The van der Waals surface area contributed by atoms with Gasteiger partial charge in [0.05, 0.1) is 23.2 Å². The molecule has 0 saturated carbocycles. The maximum atomic E-state index is 12.9. The second-order valence-corrected chi connectivity index (χ2v) is 6.18. The molecule has 0 bridgehead atoms. The van der Waals surface area contributed by atoms with Gasteiger partial charge >= 0.3 is 6.18 Å². The van der Waals surface area contributed by atoms with Gasteiger partial charge in [-0.1, -0.05) is 30.3 Å². The zero-order valence-corrected chi connectivity index (χ0v) is 13.1. The Labute approximate surface area is 142 Å². The first-order chi connectivity index (χ1) is 11.9. The topological polar surface area (TPSA) is 45.1 Å². The number of nitrogens with one attached hydrogen (secondary N) is 1. The second-order valence-electron chi connectivity index (χ2n) is 6.18. The number of aromatic nitrogens is 1. The Morgan fingerprint density at radius 3 is 2.68 bits per heavy atom. The van der Waals surface area contributed by atoms with Crippen molar-refractivity contribution in [3.05, 3.63) is 71.4 Å². The van der Waals surface area contributed by atoms with Crippen molar-refractivity contribution in [3.8, 4) is 0 Å². The molecule has 3 aromatic rings. The van der Waals surface area contributed by atoms with Crippen LogP contribution in [0.5, 0.6) is 0 Å². The Bertz CT molecular complexity index is 939. The van der Waals surface area contributed by atoms with Crippen LogP contribution >= 0.6 is 0 Å². The predicted molar refractivity (Wildman–Crippen MR) is 89.3 cm³/mol. The van der Waals surface area contributed by atoms with Gasteiger partial charge in [0.2, 0.25) is 0 Å². The van der Waals surface area contributed by atoms with E-state index < -0.39 is 17.8 Å². The number of pyridine rings is 1. The van der Waals surface area contributed by atoms with E-state index in [-0.39, 0.29) is 11.6 Å². The number of fused-ring (bicyclic) bond motifs is 2. The Kier molecular flexibility index (Phi) is 3.65. The maximum Gasteiger partial charge on any atom is 0.416 e. The molecule has 0 unspecified atom stereocenters. The van der Waals surface area contributed by atoms with Gasteiger partial charge in [-0.3, -0.25) is 4.98 Å². The van der Waals surface area contributed by atoms with Gasteiger partial charge in [-0.25, -0.2) is 0 Å². The highest BCUT2D eigenvalue weighted by molar-refractivity contribution is 5.91. The number of rotatable bonds is 2. The molecule has 0 amide bonds. The molecule has 6 heteroatoms. The molecular formula is C19H15F3N2O. The normalized spacial score (nSPS) is 19.8. The summed E-state index contributed by atoms with van der Waals surface area (Å²) >= 11 is 0. The first-order valence-corrected chi connectivity index (χ1v) is 7.92. The smallest absolute Gasteiger partial charge is 0.390 e. The number of halogens is 3. The lowest BCUT2D eigenvalue weighted by atomic mass is 10.1. The van der Waals surface area contributed by atoms with Gasteiger partial charge in [-0.15, -0.1) is 0 Å². The number of hydrogen-bond donors (Lipinski definition) is 2. The lowest BCUT2D eigenvalue weighted by Gasteiger charge is -2.20. The Hall–Kier alpha value is -2.60. The number of hydrogen-bond acceptors (Lipinski definition) is 3. The molecule has 1 aliphatic carbocycles. The van der Waals surface area contributed by atoms with Gasteiger partial charge in [-0.2, -0.15) is 13.2 Å². The average Bonchev–Trinajstić information content (AvgIpc) is 2.90. The van der Waals surface area contributed by atoms with Crippen LogP contribution in [0.4, 0.5) is 18.9 Å². The van der Waals surface area contributed by atoms with Crippen LogP contribution in [0.1, 0.15) is 22.7 Å². The van der Waals surface area contributed by atoms with Gasteiger partial charge < -0.3 is 10.4 Å². The number of alkyl halides is 3. The van der Waals surface area contributed by atoms with Crippen molar-refractivity contribution in [2.24, 2.45) is 0 Å². The summed E-state index contributed by atoms with van der Waals surface area (Å²) in [5.74, 6) is 0. The number of anilines is 1. The highest BCUT2D eigenvalue weighted by Crippen LogP contribution is 2.37. The van der Waals surface area contributed by atoms with E-state index in [1.54, 1.807) is 6.07 Å². The van der Waals surface area contributed by atoms with Crippen molar-refractivity contribution in [1.29, 1.82) is 0 Å². The summed E-state index contributed by atoms with van der Waals surface area (Å²) in [7, 11) is 0. The lowest BCUT2D eigenvalue weighted by molar-refractivity contribution is -0.137. The second kappa shape index (κ2) is 5.74. The molecule has 0 aliphatic heterocycles. The summed E-state index contributed by atoms with van der Waals surface area (Å²) < 4.78 is 38.7. The van der Waals surface area contributed by atoms with Crippen LogP contribution in [0.15, 0.2) is 54.7 Å². The maximum absolute atomic E-state index is 12.9. The van der Waals surface area contributed by atoms with Gasteiger partial charge in [0.1, 0.15) is 0 Å². The summed E-state index contributed by atoms with van der Waals surface area (Å²) in [5, 5.41) is 14.2. The van der Waals surface area contributed by atoms with Crippen molar-refractivity contribution in [2.45, 2.75) is 24.7 Å². The van der Waals surface area contributed by atoms with E-state index in [1.807, 2.05) is 24.3 Å². The first-order valence-electron chi connectivity index (χ1n) is 7.92. The number of benzene rings is 2. The van der Waals surface area contributed by atoms with Crippen LogP contribution in [-0.2, 0) is 12.6 Å². The number of aliphatic hydroxyl groups excluding tert-OH is 1. The molecule has 0 saturated heterocycles. The van der Waals surface area contributed by atoms with Gasteiger partial charge in [0.25, 0.3) is 0 Å². The molecule has 3 nitrogen and oxygen atoms in total. The van der Waals surface area contributed by atoms with E-state index in [0.29, 0.717) is 17.5 Å². The third-order valence-corrected chi connectivity index (χ3v) is 4.59. The Balaban J connectivity index is 1.73. The molecule has 0 spiro atoms. The Morgan fingerprint density at radius 1 is 1.08 bits per heavy atom. The average molecular weight is 344 g/mol. The quantitative estimate of drug-likeness (QED) is 0.728. The summed E-state index contributed by atoms with van der Waals surface area (Å²) in [6, 6.07) is 12.7. The zero-order chi connectivity index (χ0) is 17.6. The van der Waals surface area contributed by atoms with Crippen molar-refractivity contribution < 1.29 is 18.3 Å². The van der Waals surface area contributed by atoms with Gasteiger partial charge in [-0.05, 0) is 29.3 Å². The standard InChI is InChI=1S/C19H15F3N2O/c20-19(21,22)12-5-6-14-15(7-8-23-16(14)10-12)24-18-13-4-2-1-3-11(13)9-17(18)25/h1-8,10,17-18,25H,9H2,(H,23,24)/t17-,18+/m1/s1. The fraction of sp³-hybridized carbons (Fsp3) is 0.211. The summed E-state index contributed by atoms with van der Waals surface area (Å²) in [6.07, 6.45) is -2.97. The molecule has 1 aliphatic rings. The van der Waals surface area contributed by atoms with E-state index in [2.05, 4.69) is 10.3 Å². The zero-order valence-electron chi connectivity index (χ0n) is 13.1. The molecule has 128 valence electrons. The van der Waals surface area contributed by atoms with E-state index >= 15 is 0 Å². The summed E-state index contributed by atoms with van der Waals surface area (Å²) in [5.41, 5.74) is 2.27. The SMILES string of the molecule is O[C@@H]1Cc2ccccc2[C@@H]1Nc1ccnc2cc(C(F)(F)F)ccc12. The van der Waals surface area contributed by atoms with E-state index in [0.717, 1.165) is 23.3 Å². The van der Waals surface area contributed by atoms with E-state index in [4.69, 9.17) is 0 Å². The molecule has 1 heterocycles. The minimum Gasteiger partial charge on any atom is -0.390 e. The van der Waals surface area contributed by atoms with Crippen molar-refractivity contribution in [3.63, 3.8) is 0 Å². The van der Waals surface area contributed by atoms with Crippen molar-refractivity contribution in [1.82, 2.24) is 4.98 Å². The fourth-order valence-corrected chi connectivity index (χ4v) is 3.37. The third-order valence-electron chi connectivity index (χ3n) is 4.59. The molecule has 2 atom stereocenters. The van der Waals surface area contributed by atoms with Gasteiger partial charge in [0, 0.05) is 23.7 Å². The lowest BCUT2D eigenvalue weighted by Crippen LogP contribution is -2.21. The van der Waals surface area contributed by atoms with Gasteiger partial charge in [0.15, 0.2) is 0 Å². The molecular weight excluding hydrogens is 329 g/mol. The molecule has 2 aromatic carbocycles. The minimum absolute atomic E-state index is 0.264. The highest BCUT2D eigenvalue weighted by atomic mass is 19.4. The van der Waals surface area contributed by atoms with Crippen molar-refractivity contribution in [2.75, 3.05) is 5.32 Å². The third kappa shape index (κ3) is 2.82. The predicted octanol–water partition coefficient (Wildman–Crippen LogP) is 4.32. The highest BCUT2D eigenvalue weighted by Gasteiger charge is 2.32. The van der Waals surface area contributed by atoms with Crippen LogP contribution in [0.2, 0.25) is 0 Å². The molecule has 4 rings (SSSR count). The Morgan fingerprint density at radius 2 is 1.88 bits per heavy atom. The van der Waals surface area contributed by atoms with Crippen LogP contribution in [0.3, 0.4) is 0 Å². The molecule has 0 fully saturated rings. The minimum atomic E-state index is -4.40. The van der Waals surface area contributed by atoms with Crippen LogP contribution in [-0.4, -0.2) is 16.2 Å². The molecule has 25 heavy (non-hydrogen) atoms. The van der Waals surface area contributed by atoms with Crippen LogP contribution < -0.4 is 5.32 Å². The first kappa shape index (κ1) is 15.9. The molecule has 2 N–H and O–H groups in total. The van der Waals surface area contributed by atoms with E-state index in [1.165, 1.54) is 12.3 Å².